The minimum atomic E-state index is -1.08. The van der Waals surface area contributed by atoms with Crippen molar-refractivity contribution in [3.8, 4) is 5.75 Å². The smallest absolute Gasteiger partial charge is 0.279 e. The highest BCUT2D eigenvalue weighted by Gasteiger charge is 2.31. The van der Waals surface area contributed by atoms with Crippen molar-refractivity contribution in [2.75, 3.05) is 0 Å². The summed E-state index contributed by atoms with van der Waals surface area (Å²) in [5, 5.41) is 2.45. The Kier molecular flexibility index (Phi) is 4.32. The SMILES string of the molecule is C=C(F)C(=O)N[C@@H]1CCC[C@@H]1Oc1cc(F)cc(F)c1. The molecule has 1 aliphatic rings. The molecule has 3 nitrogen and oxygen atoms in total. The van der Waals surface area contributed by atoms with E-state index in [1.165, 1.54) is 0 Å². The second kappa shape index (κ2) is 5.98. The summed E-state index contributed by atoms with van der Waals surface area (Å²) in [5.74, 6) is -3.40. The van der Waals surface area contributed by atoms with Gasteiger partial charge >= 0.3 is 0 Å². The molecule has 6 heteroatoms. The fraction of sp³-hybridized carbons (Fsp3) is 0.357. The number of ether oxygens (including phenoxy) is 1. The molecule has 0 radical (unpaired) electrons. The van der Waals surface area contributed by atoms with Crippen molar-refractivity contribution in [3.63, 3.8) is 0 Å². The topological polar surface area (TPSA) is 38.3 Å². The maximum Gasteiger partial charge on any atom is 0.279 e. The lowest BCUT2D eigenvalue weighted by molar-refractivity contribution is -0.120. The molecule has 1 N–H and O–H groups in total. The molecule has 1 aromatic carbocycles. The maximum atomic E-state index is 13.1. The number of benzene rings is 1. The first-order valence-corrected chi connectivity index (χ1v) is 6.24. The predicted octanol–water partition coefficient (Wildman–Crippen LogP) is 2.86. The molecule has 0 saturated heterocycles. The summed E-state index contributed by atoms with van der Waals surface area (Å²) >= 11 is 0. The van der Waals surface area contributed by atoms with Gasteiger partial charge in [-0.1, -0.05) is 6.58 Å². The van der Waals surface area contributed by atoms with Crippen molar-refractivity contribution in [2.24, 2.45) is 0 Å². The van der Waals surface area contributed by atoms with Gasteiger partial charge in [-0.15, -0.1) is 0 Å². The average molecular weight is 285 g/mol. The third-order valence-electron chi connectivity index (χ3n) is 3.14. The van der Waals surface area contributed by atoms with E-state index in [0.29, 0.717) is 12.8 Å². The van der Waals surface area contributed by atoms with Crippen LogP contribution in [0, 0.1) is 11.6 Å². The summed E-state index contributed by atoms with van der Waals surface area (Å²) in [6.45, 7) is 2.91. The number of carbonyl (C=O) groups is 1. The Morgan fingerprint density at radius 2 is 1.90 bits per heavy atom. The van der Waals surface area contributed by atoms with Crippen LogP contribution in [0.3, 0.4) is 0 Å². The highest BCUT2D eigenvalue weighted by molar-refractivity contribution is 5.90. The molecule has 0 aromatic heterocycles. The molecule has 0 aliphatic heterocycles. The molecule has 108 valence electrons. The Balaban J connectivity index is 2.04. The zero-order valence-electron chi connectivity index (χ0n) is 10.7. The summed E-state index contributed by atoms with van der Waals surface area (Å²) in [7, 11) is 0. The molecule has 2 rings (SSSR count). The number of nitrogens with one attached hydrogen (secondary N) is 1. The van der Waals surface area contributed by atoms with E-state index in [9.17, 15) is 18.0 Å². The van der Waals surface area contributed by atoms with Crippen LogP contribution in [0.1, 0.15) is 19.3 Å². The molecule has 0 heterocycles. The van der Waals surface area contributed by atoms with Crippen LogP contribution in [-0.4, -0.2) is 18.1 Å². The molecule has 1 amide bonds. The van der Waals surface area contributed by atoms with Gasteiger partial charge in [-0.25, -0.2) is 13.2 Å². The van der Waals surface area contributed by atoms with E-state index >= 15 is 0 Å². The van der Waals surface area contributed by atoms with Crippen LogP contribution >= 0.6 is 0 Å². The van der Waals surface area contributed by atoms with Crippen molar-refractivity contribution >= 4 is 5.91 Å². The second-order valence-electron chi connectivity index (χ2n) is 4.68. The van der Waals surface area contributed by atoms with Crippen molar-refractivity contribution in [3.05, 3.63) is 42.2 Å². The molecule has 1 aromatic rings. The molecule has 1 fully saturated rings. The van der Waals surface area contributed by atoms with E-state index in [-0.39, 0.29) is 5.75 Å². The summed E-state index contributed by atoms with van der Waals surface area (Å²) in [6, 6.07) is 2.47. The van der Waals surface area contributed by atoms with Gasteiger partial charge in [0.1, 0.15) is 23.5 Å². The van der Waals surface area contributed by atoms with E-state index < -0.39 is 35.5 Å². The summed E-state index contributed by atoms with van der Waals surface area (Å²) in [5.41, 5.74) is 0. The van der Waals surface area contributed by atoms with Gasteiger partial charge in [0.25, 0.3) is 5.91 Å². The van der Waals surface area contributed by atoms with E-state index in [4.69, 9.17) is 4.74 Å². The molecular formula is C14H14F3NO2. The van der Waals surface area contributed by atoms with Gasteiger partial charge in [0.2, 0.25) is 0 Å². The number of amides is 1. The molecule has 0 spiro atoms. The fourth-order valence-electron chi connectivity index (χ4n) is 2.25. The van der Waals surface area contributed by atoms with Crippen LogP contribution in [0.5, 0.6) is 5.75 Å². The van der Waals surface area contributed by atoms with Crippen LogP contribution in [0.2, 0.25) is 0 Å². The van der Waals surface area contributed by atoms with Crippen molar-refractivity contribution in [2.45, 2.75) is 31.4 Å². The molecule has 1 saturated carbocycles. The summed E-state index contributed by atoms with van der Waals surface area (Å²) in [6.07, 6.45) is 1.55. The van der Waals surface area contributed by atoms with Gasteiger partial charge in [-0.2, -0.15) is 0 Å². The standard InChI is InChI=1S/C14H14F3NO2/c1-8(15)14(19)18-12-3-2-4-13(12)20-11-6-9(16)5-10(17)7-11/h5-7,12-13H,1-4H2,(H,18,19)/t12-,13+/m1/s1. The lowest BCUT2D eigenvalue weighted by atomic mass is 10.2. The monoisotopic (exact) mass is 285 g/mol. The Hall–Kier alpha value is -1.98. The Labute approximate surface area is 114 Å². The number of hydrogen-bond donors (Lipinski definition) is 1. The normalized spacial score (nSPS) is 21.6. The van der Waals surface area contributed by atoms with Gasteiger partial charge in [0.15, 0.2) is 5.83 Å². The van der Waals surface area contributed by atoms with Crippen molar-refractivity contribution < 1.29 is 22.7 Å². The maximum absolute atomic E-state index is 13.1. The van der Waals surface area contributed by atoms with Crippen molar-refractivity contribution in [1.82, 2.24) is 5.32 Å². The molecule has 0 bridgehead atoms. The first-order chi connectivity index (χ1) is 9.45. The lowest BCUT2D eigenvalue weighted by Crippen LogP contribution is -2.42. The van der Waals surface area contributed by atoms with Crippen LogP contribution in [0.25, 0.3) is 0 Å². The van der Waals surface area contributed by atoms with Crippen LogP contribution in [-0.2, 0) is 4.79 Å². The third-order valence-corrected chi connectivity index (χ3v) is 3.14. The molecular weight excluding hydrogens is 271 g/mol. The summed E-state index contributed by atoms with van der Waals surface area (Å²) < 4.78 is 44.3. The van der Waals surface area contributed by atoms with Crippen molar-refractivity contribution in [1.29, 1.82) is 0 Å². The van der Waals surface area contributed by atoms with Gasteiger partial charge in [0, 0.05) is 18.2 Å². The predicted molar refractivity (Wildman–Crippen MR) is 66.8 cm³/mol. The highest BCUT2D eigenvalue weighted by Crippen LogP contribution is 2.26. The Bertz CT molecular complexity index is 513. The zero-order valence-corrected chi connectivity index (χ0v) is 10.7. The van der Waals surface area contributed by atoms with Gasteiger partial charge in [-0.3, -0.25) is 4.79 Å². The van der Waals surface area contributed by atoms with Gasteiger partial charge in [-0.05, 0) is 19.3 Å². The lowest BCUT2D eigenvalue weighted by Gasteiger charge is -2.22. The first-order valence-electron chi connectivity index (χ1n) is 6.24. The molecule has 2 atom stereocenters. The van der Waals surface area contributed by atoms with E-state index in [1.54, 1.807) is 0 Å². The van der Waals surface area contributed by atoms with Gasteiger partial charge < -0.3 is 10.1 Å². The fourth-order valence-corrected chi connectivity index (χ4v) is 2.25. The zero-order chi connectivity index (χ0) is 14.7. The molecule has 20 heavy (non-hydrogen) atoms. The summed E-state index contributed by atoms with van der Waals surface area (Å²) in [4.78, 5) is 11.2. The van der Waals surface area contributed by atoms with E-state index in [0.717, 1.165) is 24.6 Å². The first kappa shape index (κ1) is 14.4. The number of carbonyl (C=O) groups excluding carboxylic acids is 1. The van der Waals surface area contributed by atoms with E-state index in [1.807, 2.05) is 0 Å². The largest absolute Gasteiger partial charge is 0.488 e. The number of halogens is 3. The van der Waals surface area contributed by atoms with E-state index in [2.05, 4.69) is 11.9 Å². The second-order valence-corrected chi connectivity index (χ2v) is 4.68. The number of rotatable bonds is 4. The third kappa shape index (κ3) is 3.53. The number of hydrogen-bond acceptors (Lipinski definition) is 2. The average Bonchev–Trinajstić information content (AvgIpc) is 2.75. The Morgan fingerprint density at radius 1 is 1.25 bits per heavy atom. The quantitative estimate of drug-likeness (QED) is 0.864. The molecule has 0 unspecified atom stereocenters. The Morgan fingerprint density at radius 3 is 2.50 bits per heavy atom. The highest BCUT2D eigenvalue weighted by atomic mass is 19.1. The minimum Gasteiger partial charge on any atom is -0.488 e. The van der Waals surface area contributed by atoms with Crippen LogP contribution in [0.15, 0.2) is 30.6 Å². The molecule has 1 aliphatic carbocycles. The van der Waals surface area contributed by atoms with Gasteiger partial charge in [0.05, 0.1) is 6.04 Å². The van der Waals surface area contributed by atoms with Crippen LogP contribution < -0.4 is 10.1 Å². The minimum absolute atomic E-state index is 0.0488. The van der Waals surface area contributed by atoms with Crippen LogP contribution in [0.4, 0.5) is 13.2 Å².